The highest BCUT2D eigenvalue weighted by Crippen LogP contribution is 2.37. The molecule has 9 heteroatoms. The predicted octanol–water partition coefficient (Wildman–Crippen LogP) is 4.97. The number of amides is 2. The lowest BCUT2D eigenvalue weighted by molar-refractivity contribution is -0.384. The molecule has 1 aliphatic heterocycles. The van der Waals surface area contributed by atoms with Crippen molar-refractivity contribution in [3.05, 3.63) is 80.8 Å². The number of ether oxygens (including phenoxy) is 2. The summed E-state index contributed by atoms with van der Waals surface area (Å²) in [4.78, 5) is 36.0. The Hall–Kier alpha value is -3.59. The van der Waals surface area contributed by atoms with E-state index in [4.69, 9.17) is 9.47 Å². The molecule has 2 aromatic carbocycles. The van der Waals surface area contributed by atoms with Crippen molar-refractivity contribution in [3.8, 4) is 11.5 Å². The standard InChI is InChI=1S/C23H22N2O6S/c1-4-7-17-10-16(13-20-22(26)24(3)23(27)32-20)12-19(30-5-2)21(17)31-14-15-8-6-9-18(11-15)25(28)29/h4,6,8-13H,1,5,7,14H2,2-3H3/b20-13-. The van der Waals surface area contributed by atoms with Gasteiger partial charge in [-0.1, -0.05) is 18.2 Å². The summed E-state index contributed by atoms with van der Waals surface area (Å²) in [6.45, 7) is 6.13. The number of carbonyl (C=O) groups excluding carboxylic acids is 2. The third-order valence-corrected chi connectivity index (χ3v) is 5.57. The smallest absolute Gasteiger partial charge is 0.293 e. The summed E-state index contributed by atoms with van der Waals surface area (Å²) >= 11 is 0.882. The molecule has 0 N–H and O–H groups in total. The molecule has 2 amide bonds. The second-order valence-electron chi connectivity index (χ2n) is 6.89. The molecule has 3 rings (SSSR count). The van der Waals surface area contributed by atoms with Crippen molar-refractivity contribution in [2.75, 3.05) is 13.7 Å². The quantitative estimate of drug-likeness (QED) is 0.228. The van der Waals surface area contributed by atoms with Gasteiger partial charge in [0, 0.05) is 24.7 Å². The summed E-state index contributed by atoms with van der Waals surface area (Å²) in [7, 11) is 1.44. The van der Waals surface area contributed by atoms with Gasteiger partial charge in [0.15, 0.2) is 11.5 Å². The number of hydrogen-bond acceptors (Lipinski definition) is 7. The molecule has 2 aromatic rings. The molecule has 0 atom stereocenters. The molecule has 0 aliphatic carbocycles. The van der Waals surface area contributed by atoms with Crippen molar-refractivity contribution in [2.24, 2.45) is 0 Å². The molecule has 32 heavy (non-hydrogen) atoms. The maximum Gasteiger partial charge on any atom is 0.293 e. The minimum Gasteiger partial charge on any atom is -0.490 e. The molecule has 0 bridgehead atoms. The maximum atomic E-state index is 12.2. The largest absolute Gasteiger partial charge is 0.490 e. The minimum absolute atomic E-state index is 0.0114. The first-order chi connectivity index (χ1) is 15.3. The topological polar surface area (TPSA) is 99.0 Å². The lowest BCUT2D eigenvalue weighted by Crippen LogP contribution is -2.22. The van der Waals surface area contributed by atoms with Crippen LogP contribution in [0.4, 0.5) is 10.5 Å². The van der Waals surface area contributed by atoms with Crippen LogP contribution in [-0.2, 0) is 17.8 Å². The Bertz CT molecular complexity index is 1110. The second-order valence-corrected chi connectivity index (χ2v) is 7.88. The number of nitro benzene ring substituents is 1. The first kappa shape index (κ1) is 23.1. The second kappa shape index (κ2) is 10.1. The van der Waals surface area contributed by atoms with Crippen molar-refractivity contribution < 1.29 is 24.0 Å². The van der Waals surface area contributed by atoms with Gasteiger partial charge in [-0.2, -0.15) is 0 Å². The molecule has 1 heterocycles. The van der Waals surface area contributed by atoms with Gasteiger partial charge in [0.25, 0.3) is 16.8 Å². The molecule has 1 aliphatic rings. The Balaban J connectivity index is 1.95. The van der Waals surface area contributed by atoms with Crippen molar-refractivity contribution >= 4 is 34.7 Å². The lowest BCUT2D eigenvalue weighted by Gasteiger charge is -2.17. The molecular formula is C23H22N2O6S. The minimum atomic E-state index is -0.453. The van der Waals surface area contributed by atoms with Gasteiger partial charge in [-0.3, -0.25) is 24.6 Å². The number of benzene rings is 2. The first-order valence-corrected chi connectivity index (χ1v) is 10.6. The molecule has 8 nitrogen and oxygen atoms in total. The van der Waals surface area contributed by atoms with Crippen LogP contribution >= 0.6 is 11.8 Å². The van der Waals surface area contributed by atoms with Crippen LogP contribution in [0.15, 0.2) is 54.0 Å². The fraction of sp³-hybridized carbons (Fsp3) is 0.217. The molecule has 0 unspecified atom stereocenters. The van der Waals surface area contributed by atoms with Crippen molar-refractivity contribution in [3.63, 3.8) is 0 Å². The van der Waals surface area contributed by atoms with Gasteiger partial charge in [-0.25, -0.2) is 0 Å². The molecule has 0 spiro atoms. The van der Waals surface area contributed by atoms with E-state index >= 15 is 0 Å². The van der Waals surface area contributed by atoms with E-state index in [1.165, 1.54) is 19.2 Å². The number of likely N-dealkylation sites (N-methyl/N-ethyl adjacent to an activating group) is 1. The van der Waals surface area contributed by atoms with E-state index in [1.807, 2.05) is 13.0 Å². The van der Waals surface area contributed by atoms with Crippen molar-refractivity contribution in [1.29, 1.82) is 0 Å². The number of rotatable bonds is 9. The normalized spacial score (nSPS) is 14.7. The predicted molar refractivity (Wildman–Crippen MR) is 123 cm³/mol. The molecule has 0 radical (unpaired) electrons. The summed E-state index contributed by atoms with van der Waals surface area (Å²) in [6.07, 6.45) is 3.84. The van der Waals surface area contributed by atoms with Crippen LogP contribution in [0, 0.1) is 10.1 Å². The number of non-ortho nitro benzene ring substituents is 1. The average Bonchev–Trinajstić information content (AvgIpc) is 3.00. The van der Waals surface area contributed by atoms with Gasteiger partial charge in [0.1, 0.15) is 6.61 Å². The fourth-order valence-corrected chi connectivity index (χ4v) is 3.94. The van der Waals surface area contributed by atoms with E-state index in [1.54, 1.807) is 30.4 Å². The molecule has 0 aromatic heterocycles. The summed E-state index contributed by atoms with van der Waals surface area (Å²) in [6, 6.07) is 9.82. The Morgan fingerprint density at radius 1 is 1.22 bits per heavy atom. The number of hydrogen-bond donors (Lipinski definition) is 0. The summed E-state index contributed by atoms with van der Waals surface area (Å²) < 4.78 is 11.8. The number of allylic oxidation sites excluding steroid dienone is 1. The van der Waals surface area contributed by atoms with Crippen LogP contribution in [0.1, 0.15) is 23.6 Å². The van der Waals surface area contributed by atoms with Crippen LogP contribution < -0.4 is 9.47 Å². The summed E-state index contributed by atoms with van der Waals surface area (Å²) in [5.41, 5.74) is 2.10. The summed E-state index contributed by atoms with van der Waals surface area (Å²) in [5, 5.41) is 10.7. The maximum absolute atomic E-state index is 12.2. The van der Waals surface area contributed by atoms with Crippen molar-refractivity contribution in [1.82, 2.24) is 4.90 Å². The van der Waals surface area contributed by atoms with E-state index in [0.29, 0.717) is 40.6 Å². The number of nitro groups is 1. The van der Waals surface area contributed by atoms with Gasteiger partial charge >= 0.3 is 0 Å². The van der Waals surface area contributed by atoms with E-state index in [-0.39, 0.29) is 23.4 Å². The number of carbonyl (C=O) groups is 2. The lowest BCUT2D eigenvalue weighted by atomic mass is 10.0. The SMILES string of the molecule is C=CCc1cc(/C=C2\SC(=O)N(C)C2=O)cc(OCC)c1OCc1cccc([N+](=O)[O-])c1. The van der Waals surface area contributed by atoms with E-state index in [9.17, 15) is 19.7 Å². The fourth-order valence-electron chi connectivity index (χ4n) is 3.11. The van der Waals surface area contributed by atoms with Crippen LogP contribution in [0.25, 0.3) is 6.08 Å². The number of imide groups is 1. The zero-order valence-corrected chi connectivity index (χ0v) is 18.5. The van der Waals surface area contributed by atoms with Crippen LogP contribution in [0.2, 0.25) is 0 Å². The molecule has 166 valence electrons. The molecule has 1 fully saturated rings. The molecule has 1 saturated heterocycles. The van der Waals surface area contributed by atoms with Gasteiger partial charge in [0.2, 0.25) is 0 Å². The Kier molecular flexibility index (Phi) is 7.32. The summed E-state index contributed by atoms with van der Waals surface area (Å²) in [5.74, 6) is 0.618. The zero-order chi connectivity index (χ0) is 23.3. The zero-order valence-electron chi connectivity index (χ0n) is 17.7. The van der Waals surface area contributed by atoms with Gasteiger partial charge in [-0.15, -0.1) is 6.58 Å². The monoisotopic (exact) mass is 454 g/mol. The van der Waals surface area contributed by atoms with Gasteiger partial charge in [-0.05, 0) is 54.4 Å². The van der Waals surface area contributed by atoms with Gasteiger partial charge < -0.3 is 9.47 Å². The van der Waals surface area contributed by atoms with E-state index < -0.39 is 4.92 Å². The van der Waals surface area contributed by atoms with Crippen LogP contribution in [-0.4, -0.2) is 34.6 Å². The van der Waals surface area contributed by atoms with Crippen LogP contribution in [0.3, 0.4) is 0 Å². The average molecular weight is 455 g/mol. The van der Waals surface area contributed by atoms with E-state index in [2.05, 4.69) is 6.58 Å². The first-order valence-electron chi connectivity index (χ1n) is 9.82. The molecular weight excluding hydrogens is 432 g/mol. The highest BCUT2D eigenvalue weighted by atomic mass is 32.2. The van der Waals surface area contributed by atoms with Crippen molar-refractivity contribution in [2.45, 2.75) is 20.0 Å². The Morgan fingerprint density at radius 3 is 2.62 bits per heavy atom. The Labute approximate surface area is 189 Å². The third kappa shape index (κ3) is 5.17. The molecule has 0 saturated carbocycles. The highest BCUT2D eigenvalue weighted by Gasteiger charge is 2.31. The highest BCUT2D eigenvalue weighted by molar-refractivity contribution is 8.18. The number of thioether (sulfide) groups is 1. The van der Waals surface area contributed by atoms with Gasteiger partial charge in [0.05, 0.1) is 16.4 Å². The third-order valence-electron chi connectivity index (χ3n) is 4.61. The Morgan fingerprint density at radius 2 is 2.00 bits per heavy atom. The number of nitrogens with zero attached hydrogens (tertiary/aromatic N) is 2. The van der Waals surface area contributed by atoms with Crippen LogP contribution in [0.5, 0.6) is 11.5 Å². The van der Waals surface area contributed by atoms with E-state index in [0.717, 1.165) is 22.2 Å².